The van der Waals surface area contributed by atoms with Crippen LogP contribution in [0.4, 0.5) is 5.82 Å². The van der Waals surface area contributed by atoms with Gasteiger partial charge in [-0.3, -0.25) is 18.7 Å². The molecule has 27 heavy (non-hydrogen) atoms. The average molecular weight is 404 g/mol. The molecule has 1 amide bonds. The largest absolute Gasteiger partial charge is 0.756 e. The molecule has 2 heterocycles. The lowest BCUT2D eigenvalue weighted by Crippen LogP contribution is -2.28. The van der Waals surface area contributed by atoms with Gasteiger partial charge >= 0.3 is 11.7 Å². The van der Waals surface area contributed by atoms with Gasteiger partial charge in [-0.1, -0.05) is 0 Å². The Balaban J connectivity index is 1.91. The number of phosphoric acid groups is 1. The summed E-state index contributed by atoms with van der Waals surface area (Å²) in [6, 6.07) is 1.39. The third-order valence-corrected chi connectivity index (χ3v) is 4.18. The zero-order valence-electron chi connectivity index (χ0n) is 14.4. The molecule has 1 saturated heterocycles. The maximum atomic E-state index is 12.1. The van der Waals surface area contributed by atoms with E-state index >= 15 is 0 Å². The molecule has 12 nitrogen and oxygen atoms in total. The van der Waals surface area contributed by atoms with Gasteiger partial charge in [0.05, 0.1) is 26.2 Å². The lowest BCUT2D eigenvalue weighted by Gasteiger charge is -2.19. The van der Waals surface area contributed by atoms with E-state index in [-0.39, 0.29) is 25.3 Å². The van der Waals surface area contributed by atoms with Gasteiger partial charge in [-0.15, -0.1) is 0 Å². The first-order valence-electron chi connectivity index (χ1n) is 7.97. The molecule has 150 valence electrons. The fourth-order valence-electron chi connectivity index (χ4n) is 2.42. The molecule has 1 aliphatic rings. The topological polar surface area (TPSA) is 169 Å². The fraction of sp³-hybridized carbons (Fsp3) is 0.571. The zero-order valence-corrected chi connectivity index (χ0v) is 15.3. The van der Waals surface area contributed by atoms with Crippen LogP contribution in [0.5, 0.6) is 0 Å². The first kappa shape index (κ1) is 21.2. The van der Waals surface area contributed by atoms with Crippen LogP contribution in [0.15, 0.2) is 17.1 Å². The standard InChI is InChI=1S/C14H20N3O9P/c1-24-13(19)5-3-11(18)15-10-6-7-17(14(20)16-10)12-4-2-9(26-12)8-25-27(21,22)23/h6-7,9,12H,2-5,8H2,1H3,(H2,21,22,23)(H,15,16,18,20)/p-1/t9-,12+/m0/s1. The second-order valence-electron chi connectivity index (χ2n) is 5.68. The van der Waals surface area contributed by atoms with E-state index in [1.165, 1.54) is 23.9 Å². The Morgan fingerprint density at radius 2 is 2.22 bits per heavy atom. The number of phosphoric ester groups is 1. The van der Waals surface area contributed by atoms with Gasteiger partial charge in [0.1, 0.15) is 12.0 Å². The zero-order chi connectivity index (χ0) is 20.0. The van der Waals surface area contributed by atoms with Crippen molar-refractivity contribution >= 4 is 25.5 Å². The number of carbonyl (C=O) groups is 2. The van der Waals surface area contributed by atoms with Gasteiger partial charge in [0.15, 0.2) is 0 Å². The van der Waals surface area contributed by atoms with Crippen LogP contribution in [0.3, 0.4) is 0 Å². The number of hydrogen-bond acceptors (Lipinski definition) is 9. The molecule has 0 bridgehead atoms. The Labute approximate surface area is 153 Å². The van der Waals surface area contributed by atoms with E-state index in [2.05, 4.69) is 19.6 Å². The number of anilines is 1. The first-order valence-corrected chi connectivity index (χ1v) is 9.47. The van der Waals surface area contributed by atoms with Crippen LogP contribution in [0.1, 0.15) is 31.9 Å². The third-order valence-electron chi connectivity index (χ3n) is 3.70. The molecule has 13 heteroatoms. The average Bonchev–Trinajstić information content (AvgIpc) is 3.06. The van der Waals surface area contributed by atoms with E-state index in [1.807, 2.05) is 0 Å². The normalized spacial score (nSPS) is 21.4. The maximum Gasteiger partial charge on any atom is 0.351 e. The van der Waals surface area contributed by atoms with Crippen molar-refractivity contribution in [3.8, 4) is 0 Å². The van der Waals surface area contributed by atoms with E-state index in [0.717, 1.165) is 0 Å². The van der Waals surface area contributed by atoms with Crippen molar-refractivity contribution in [2.45, 2.75) is 38.0 Å². The van der Waals surface area contributed by atoms with Crippen molar-refractivity contribution < 1.29 is 37.9 Å². The Morgan fingerprint density at radius 1 is 1.48 bits per heavy atom. The molecule has 2 rings (SSSR count). The summed E-state index contributed by atoms with van der Waals surface area (Å²) in [5.74, 6) is -0.998. The van der Waals surface area contributed by atoms with Crippen molar-refractivity contribution in [2.24, 2.45) is 0 Å². The van der Waals surface area contributed by atoms with Crippen LogP contribution < -0.4 is 15.9 Å². The Bertz CT molecular complexity index is 790. The summed E-state index contributed by atoms with van der Waals surface area (Å²) in [5.41, 5.74) is -0.677. The van der Waals surface area contributed by atoms with Gasteiger partial charge < -0.3 is 29.1 Å². The number of methoxy groups -OCH3 is 1. The molecule has 1 aromatic rings. The molecule has 3 atom stereocenters. The second kappa shape index (κ2) is 9.20. The van der Waals surface area contributed by atoms with Crippen molar-refractivity contribution in [3.05, 3.63) is 22.7 Å². The van der Waals surface area contributed by atoms with Crippen LogP contribution >= 0.6 is 7.82 Å². The van der Waals surface area contributed by atoms with Gasteiger partial charge in [0, 0.05) is 12.6 Å². The van der Waals surface area contributed by atoms with E-state index in [4.69, 9.17) is 9.63 Å². The summed E-state index contributed by atoms with van der Waals surface area (Å²) in [7, 11) is -3.62. The van der Waals surface area contributed by atoms with Crippen LogP contribution in [0.2, 0.25) is 0 Å². The number of aromatic nitrogens is 2. The summed E-state index contributed by atoms with van der Waals surface area (Å²) >= 11 is 0. The molecule has 0 radical (unpaired) electrons. The molecule has 2 N–H and O–H groups in total. The lowest BCUT2D eigenvalue weighted by molar-refractivity contribution is -0.222. The highest BCUT2D eigenvalue weighted by Gasteiger charge is 2.28. The van der Waals surface area contributed by atoms with Gasteiger partial charge in [0.2, 0.25) is 5.91 Å². The van der Waals surface area contributed by atoms with E-state index in [9.17, 15) is 23.8 Å². The monoisotopic (exact) mass is 404 g/mol. The number of hydrogen-bond donors (Lipinski definition) is 2. The predicted molar refractivity (Wildman–Crippen MR) is 87.3 cm³/mol. The second-order valence-corrected chi connectivity index (χ2v) is 6.88. The summed E-state index contributed by atoms with van der Waals surface area (Å²) in [5, 5.41) is 2.40. The van der Waals surface area contributed by atoms with Gasteiger partial charge in [-0.25, -0.2) is 4.79 Å². The number of rotatable bonds is 8. The highest BCUT2D eigenvalue weighted by Crippen LogP contribution is 2.34. The summed E-state index contributed by atoms with van der Waals surface area (Å²) in [6.07, 6.45) is 0.728. The van der Waals surface area contributed by atoms with E-state index in [1.54, 1.807) is 0 Å². The van der Waals surface area contributed by atoms with Crippen molar-refractivity contribution in [3.63, 3.8) is 0 Å². The SMILES string of the molecule is COC(=O)CCC(=O)Nc1ccn([C@H]2CC[C@@H](COP(=O)([O-])O)O2)c(=O)n1. The lowest BCUT2D eigenvalue weighted by atomic mass is 10.2. The highest BCUT2D eigenvalue weighted by atomic mass is 31.2. The van der Waals surface area contributed by atoms with Gasteiger partial charge in [0.25, 0.3) is 7.82 Å². The number of nitrogens with one attached hydrogen (secondary N) is 1. The molecule has 0 spiro atoms. The summed E-state index contributed by atoms with van der Waals surface area (Å²) < 4.78 is 26.0. The molecular formula is C14H19N3O9P-. The quantitative estimate of drug-likeness (QED) is 0.417. The minimum absolute atomic E-state index is 0.0246. The summed E-state index contributed by atoms with van der Waals surface area (Å²) in [4.78, 5) is 57.7. The molecule has 0 saturated carbocycles. The van der Waals surface area contributed by atoms with E-state index in [0.29, 0.717) is 12.8 Å². The van der Waals surface area contributed by atoms with Gasteiger partial charge in [-0.05, 0) is 18.9 Å². The van der Waals surface area contributed by atoms with Crippen molar-refractivity contribution in [2.75, 3.05) is 19.0 Å². The molecule has 1 aliphatic heterocycles. The smallest absolute Gasteiger partial charge is 0.351 e. The van der Waals surface area contributed by atoms with Crippen LogP contribution in [0.25, 0.3) is 0 Å². The summed E-state index contributed by atoms with van der Waals surface area (Å²) in [6.45, 7) is -0.357. The Hall–Kier alpha value is -2.11. The minimum Gasteiger partial charge on any atom is -0.756 e. The minimum atomic E-state index is -4.83. The molecule has 1 unspecified atom stereocenters. The van der Waals surface area contributed by atoms with Gasteiger partial charge in [-0.2, -0.15) is 4.98 Å². The predicted octanol–water partition coefficient (Wildman–Crippen LogP) is -0.710. The van der Waals surface area contributed by atoms with Crippen molar-refractivity contribution in [1.82, 2.24) is 9.55 Å². The fourth-order valence-corrected chi connectivity index (χ4v) is 2.77. The number of nitrogens with zero attached hydrogens (tertiary/aromatic N) is 2. The van der Waals surface area contributed by atoms with Crippen LogP contribution in [-0.4, -0.2) is 46.1 Å². The van der Waals surface area contributed by atoms with Crippen LogP contribution in [0, 0.1) is 0 Å². The molecule has 0 aliphatic carbocycles. The number of ether oxygens (including phenoxy) is 2. The maximum absolute atomic E-state index is 12.1. The molecule has 1 fully saturated rings. The van der Waals surface area contributed by atoms with Crippen molar-refractivity contribution in [1.29, 1.82) is 0 Å². The third kappa shape index (κ3) is 6.85. The number of esters is 1. The van der Waals surface area contributed by atoms with E-state index < -0.39 is 37.7 Å². The first-order chi connectivity index (χ1) is 12.7. The Kier molecular flexibility index (Phi) is 7.22. The molecular weight excluding hydrogens is 385 g/mol. The molecule has 0 aromatic carbocycles. The molecule has 1 aromatic heterocycles. The number of carbonyl (C=O) groups excluding carboxylic acids is 2. The Morgan fingerprint density at radius 3 is 2.85 bits per heavy atom. The number of amides is 1. The van der Waals surface area contributed by atoms with Crippen LogP contribution in [-0.2, 0) is 28.2 Å². The highest BCUT2D eigenvalue weighted by molar-refractivity contribution is 7.44.